The van der Waals surface area contributed by atoms with Gasteiger partial charge in [-0.1, -0.05) is 30.3 Å². The topological polar surface area (TPSA) is 68.0 Å². The van der Waals surface area contributed by atoms with Gasteiger partial charge in [-0.3, -0.25) is 4.79 Å². The van der Waals surface area contributed by atoms with E-state index in [9.17, 15) is 4.79 Å². The molecule has 28 heavy (non-hydrogen) atoms. The summed E-state index contributed by atoms with van der Waals surface area (Å²) in [6.45, 7) is 3.98. The summed E-state index contributed by atoms with van der Waals surface area (Å²) in [5.74, 6) is 1.23. The predicted molar refractivity (Wildman–Crippen MR) is 114 cm³/mol. The van der Waals surface area contributed by atoms with Crippen LogP contribution >= 0.6 is 22.7 Å². The van der Waals surface area contributed by atoms with Crippen LogP contribution in [0.15, 0.2) is 52.3 Å². The lowest BCUT2D eigenvalue weighted by Crippen LogP contribution is -2.12. The standard InChI is InChI=1S/C21H19N3O2S2/c1-13-8-9-17(28-13)16-12-27-21(23-16)24-18(25)10-11-19-22-14(2)20(26-19)15-6-4-3-5-7-15/h3-9,12H,10-11H2,1-2H3,(H,23,24,25). The third-order valence-corrected chi connectivity index (χ3v) is 5.97. The van der Waals surface area contributed by atoms with Crippen LogP contribution in [0.3, 0.4) is 0 Å². The van der Waals surface area contributed by atoms with Crippen molar-refractivity contribution in [1.82, 2.24) is 9.97 Å². The van der Waals surface area contributed by atoms with Gasteiger partial charge in [0.2, 0.25) is 5.91 Å². The minimum absolute atomic E-state index is 0.0969. The van der Waals surface area contributed by atoms with Gasteiger partial charge in [0.25, 0.3) is 0 Å². The number of aryl methyl sites for hydroxylation is 3. The smallest absolute Gasteiger partial charge is 0.226 e. The van der Waals surface area contributed by atoms with Crippen LogP contribution in [0.2, 0.25) is 0 Å². The molecule has 0 aliphatic rings. The third kappa shape index (κ3) is 4.21. The monoisotopic (exact) mass is 409 g/mol. The number of anilines is 1. The lowest BCUT2D eigenvalue weighted by Gasteiger charge is -2.00. The molecule has 3 aromatic heterocycles. The number of carbonyl (C=O) groups is 1. The minimum Gasteiger partial charge on any atom is -0.440 e. The number of hydrogen-bond donors (Lipinski definition) is 1. The number of amides is 1. The Kier molecular flexibility index (Phi) is 5.36. The van der Waals surface area contributed by atoms with Crippen molar-refractivity contribution >= 4 is 33.7 Å². The van der Waals surface area contributed by atoms with Crippen LogP contribution in [-0.2, 0) is 11.2 Å². The van der Waals surface area contributed by atoms with E-state index >= 15 is 0 Å². The van der Waals surface area contributed by atoms with Crippen molar-refractivity contribution in [2.45, 2.75) is 26.7 Å². The summed E-state index contributed by atoms with van der Waals surface area (Å²) in [6.07, 6.45) is 0.739. The Hall–Kier alpha value is -2.77. The first-order valence-corrected chi connectivity index (χ1v) is 10.6. The fourth-order valence-corrected chi connectivity index (χ4v) is 4.46. The lowest BCUT2D eigenvalue weighted by molar-refractivity contribution is -0.116. The van der Waals surface area contributed by atoms with E-state index in [1.54, 1.807) is 11.3 Å². The van der Waals surface area contributed by atoms with Crippen molar-refractivity contribution in [3.05, 3.63) is 64.3 Å². The fraction of sp³-hybridized carbons (Fsp3) is 0.190. The van der Waals surface area contributed by atoms with Gasteiger partial charge >= 0.3 is 0 Å². The number of hydrogen-bond acceptors (Lipinski definition) is 6. The van der Waals surface area contributed by atoms with Gasteiger partial charge in [-0.2, -0.15) is 0 Å². The van der Waals surface area contributed by atoms with Crippen LogP contribution < -0.4 is 5.32 Å². The minimum atomic E-state index is -0.0969. The molecule has 1 amide bonds. The molecule has 0 spiro atoms. The number of thiophene rings is 1. The van der Waals surface area contributed by atoms with Gasteiger partial charge in [0, 0.05) is 28.7 Å². The van der Waals surface area contributed by atoms with Crippen LogP contribution in [0.5, 0.6) is 0 Å². The van der Waals surface area contributed by atoms with Crippen LogP contribution in [0.25, 0.3) is 21.9 Å². The second kappa shape index (κ2) is 8.08. The second-order valence-corrected chi connectivity index (χ2v) is 8.53. The van der Waals surface area contributed by atoms with E-state index in [0.717, 1.165) is 27.6 Å². The SMILES string of the molecule is Cc1ccc(-c2csc(NC(=O)CCc3nc(C)c(-c4ccccc4)o3)n2)s1. The molecule has 0 bridgehead atoms. The zero-order valence-electron chi connectivity index (χ0n) is 15.6. The maximum Gasteiger partial charge on any atom is 0.226 e. The van der Waals surface area contributed by atoms with Gasteiger partial charge in [0.05, 0.1) is 16.3 Å². The molecule has 0 atom stereocenters. The molecule has 1 N–H and O–H groups in total. The fourth-order valence-electron chi connectivity index (χ4n) is 2.84. The van der Waals surface area contributed by atoms with Gasteiger partial charge in [-0.05, 0) is 26.0 Å². The van der Waals surface area contributed by atoms with Crippen molar-refractivity contribution in [2.24, 2.45) is 0 Å². The highest BCUT2D eigenvalue weighted by Gasteiger charge is 2.14. The molecule has 0 radical (unpaired) electrons. The Morgan fingerprint density at radius 1 is 1.11 bits per heavy atom. The maximum absolute atomic E-state index is 12.3. The zero-order chi connectivity index (χ0) is 19.5. The van der Waals surface area contributed by atoms with Gasteiger partial charge in [0.1, 0.15) is 0 Å². The van der Waals surface area contributed by atoms with E-state index in [0.29, 0.717) is 23.9 Å². The van der Waals surface area contributed by atoms with Gasteiger partial charge in [-0.25, -0.2) is 9.97 Å². The number of rotatable bonds is 6. The third-order valence-electron chi connectivity index (χ3n) is 4.19. The number of aromatic nitrogens is 2. The van der Waals surface area contributed by atoms with Gasteiger partial charge < -0.3 is 9.73 Å². The largest absolute Gasteiger partial charge is 0.440 e. The summed E-state index contributed by atoms with van der Waals surface area (Å²) in [5.41, 5.74) is 2.72. The highest BCUT2D eigenvalue weighted by atomic mass is 32.1. The van der Waals surface area contributed by atoms with Crippen LogP contribution in [0.1, 0.15) is 22.9 Å². The van der Waals surface area contributed by atoms with Gasteiger partial charge in [-0.15, -0.1) is 22.7 Å². The van der Waals surface area contributed by atoms with Crippen molar-refractivity contribution in [3.8, 4) is 21.9 Å². The summed E-state index contributed by atoms with van der Waals surface area (Å²) >= 11 is 3.13. The van der Waals surface area contributed by atoms with Crippen molar-refractivity contribution < 1.29 is 9.21 Å². The highest BCUT2D eigenvalue weighted by molar-refractivity contribution is 7.17. The van der Waals surface area contributed by atoms with Crippen molar-refractivity contribution in [2.75, 3.05) is 5.32 Å². The lowest BCUT2D eigenvalue weighted by atomic mass is 10.1. The molecular weight excluding hydrogens is 390 g/mol. The summed E-state index contributed by atoms with van der Waals surface area (Å²) < 4.78 is 5.86. The highest BCUT2D eigenvalue weighted by Crippen LogP contribution is 2.30. The number of benzene rings is 1. The van der Waals surface area contributed by atoms with Crippen LogP contribution in [0.4, 0.5) is 5.13 Å². The molecule has 142 valence electrons. The number of thiazole rings is 1. The second-order valence-electron chi connectivity index (χ2n) is 6.38. The van der Waals surface area contributed by atoms with Crippen molar-refractivity contribution in [1.29, 1.82) is 0 Å². The van der Waals surface area contributed by atoms with Gasteiger partial charge in [0.15, 0.2) is 16.8 Å². The summed E-state index contributed by atoms with van der Waals surface area (Å²) in [7, 11) is 0. The van der Waals surface area contributed by atoms with Crippen LogP contribution in [0, 0.1) is 13.8 Å². The molecule has 0 saturated carbocycles. The Morgan fingerprint density at radius 3 is 2.68 bits per heavy atom. The normalized spacial score (nSPS) is 10.9. The molecule has 0 unspecified atom stereocenters. The average molecular weight is 410 g/mol. The first-order chi connectivity index (χ1) is 13.6. The zero-order valence-corrected chi connectivity index (χ0v) is 17.2. The van der Waals surface area contributed by atoms with E-state index in [-0.39, 0.29) is 5.91 Å². The number of carbonyl (C=O) groups excluding carboxylic acids is 1. The molecule has 0 saturated heterocycles. The summed E-state index contributed by atoms with van der Waals surface area (Å²) in [6, 6.07) is 14.0. The average Bonchev–Trinajstić information content (AvgIpc) is 3.41. The Balaban J connectivity index is 1.36. The molecule has 5 nitrogen and oxygen atoms in total. The van der Waals surface area contributed by atoms with E-state index < -0.39 is 0 Å². The molecule has 4 rings (SSSR count). The molecule has 0 fully saturated rings. The molecule has 0 aliphatic carbocycles. The maximum atomic E-state index is 12.3. The molecule has 7 heteroatoms. The quantitative estimate of drug-likeness (QED) is 0.442. The molecule has 1 aromatic carbocycles. The van der Waals surface area contributed by atoms with E-state index in [1.165, 1.54) is 16.2 Å². The number of nitrogens with zero attached hydrogens (tertiary/aromatic N) is 2. The van der Waals surface area contributed by atoms with E-state index in [4.69, 9.17) is 4.42 Å². The Morgan fingerprint density at radius 2 is 1.93 bits per heavy atom. The molecule has 0 aliphatic heterocycles. The first kappa shape index (κ1) is 18.6. The predicted octanol–water partition coefficient (Wildman–Crippen LogP) is 5.71. The summed E-state index contributed by atoms with van der Waals surface area (Å²) in [5, 5.41) is 5.44. The summed E-state index contributed by atoms with van der Waals surface area (Å²) in [4.78, 5) is 23.6. The Bertz CT molecular complexity index is 1100. The number of nitrogens with one attached hydrogen (secondary N) is 1. The molecule has 4 aromatic rings. The molecular formula is C21H19N3O2S2. The van der Waals surface area contributed by atoms with Crippen LogP contribution in [-0.4, -0.2) is 15.9 Å². The molecule has 3 heterocycles. The first-order valence-electron chi connectivity index (χ1n) is 8.92. The van der Waals surface area contributed by atoms with E-state index in [1.807, 2.05) is 42.6 Å². The van der Waals surface area contributed by atoms with Crippen molar-refractivity contribution in [3.63, 3.8) is 0 Å². The Labute approximate surface area is 171 Å². The van der Waals surface area contributed by atoms with E-state index in [2.05, 4.69) is 34.3 Å². The number of oxazole rings is 1.